The summed E-state index contributed by atoms with van der Waals surface area (Å²) in [7, 11) is -0.618. The Hall–Kier alpha value is -0.0500. The van der Waals surface area contributed by atoms with Crippen LogP contribution in [0, 0.1) is 0 Å². The second-order valence-corrected chi connectivity index (χ2v) is 4.76. The molecular weight excluding hydrogens is 202 g/mol. The van der Waals surface area contributed by atoms with Crippen molar-refractivity contribution in [2.45, 2.75) is 32.1 Å². The van der Waals surface area contributed by atoms with E-state index < -0.39 is 10.8 Å². The molecule has 1 atom stereocenters. The summed E-state index contributed by atoms with van der Waals surface area (Å²) in [6.07, 6.45) is 7.52. The monoisotopic (exact) mass is 219 g/mol. The molecule has 0 aromatic carbocycles. The van der Waals surface area contributed by atoms with Crippen molar-refractivity contribution >= 4 is 28.2 Å². The molecule has 0 saturated heterocycles. The third-order valence-electron chi connectivity index (χ3n) is 1.77. The maximum Gasteiger partial charge on any atom is 0.0584 e. The van der Waals surface area contributed by atoms with Crippen LogP contribution in [0.25, 0.3) is 0 Å². The SMILES string of the molecule is CS(=O)CCCCCCCN=C=S. The molecule has 0 fully saturated rings. The van der Waals surface area contributed by atoms with Gasteiger partial charge in [-0.1, -0.05) is 19.3 Å². The predicted octanol–water partition coefficient (Wildman–Crippen LogP) is 2.42. The summed E-state index contributed by atoms with van der Waals surface area (Å²) in [5.41, 5.74) is 0. The van der Waals surface area contributed by atoms with Gasteiger partial charge >= 0.3 is 0 Å². The van der Waals surface area contributed by atoms with E-state index in [0.717, 1.165) is 25.1 Å². The molecule has 0 aromatic heterocycles. The van der Waals surface area contributed by atoms with Crippen molar-refractivity contribution in [3.05, 3.63) is 0 Å². The summed E-state index contributed by atoms with van der Waals surface area (Å²) >= 11 is 4.45. The van der Waals surface area contributed by atoms with Crippen molar-refractivity contribution in [2.75, 3.05) is 18.6 Å². The minimum atomic E-state index is -0.618. The fourth-order valence-corrected chi connectivity index (χ4v) is 1.77. The van der Waals surface area contributed by atoms with Gasteiger partial charge in [0, 0.05) is 29.4 Å². The van der Waals surface area contributed by atoms with E-state index in [0.29, 0.717) is 0 Å². The highest BCUT2D eigenvalue weighted by Gasteiger charge is 1.92. The highest BCUT2D eigenvalue weighted by atomic mass is 32.2. The Morgan fingerprint density at radius 3 is 2.46 bits per heavy atom. The Kier molecular flexibility index (Phi) is 10.00. The first-order valence-corrected chi connectivity index (χ1v) is 6.74. The maximum absolute atomic E-state index is 10.7. The van der Waals surface area contributed by atoms with E-state index in [1.54, 1.807) is 6.26 Å². The van der Waals surface area contributed by atoms with Crippen molar-refractivity contribution in [3.63, 3.8) is 0 Å². The summed E-state index contributed by atoms with van der Waals surface area (Å²) in [5.74, 6) is 0.845. The van der Waals surface area contributed by atoms with E-state index in [2.05, 4.69) is 22.4 Å². The van der Waals surface area contributed by atoms with Gasteiger partial charge in [0.15, 0.2) is 0 Å². The van der Waals surface area contributed by atoms with Crippen LogP contribution in [0.5, 0.6) is 0 Å². The summed E-state index contributed by atoms with van der Waals surface area (Å²) in [6, 6.07) is 0. The maximum atomic E-state index is 10.7. The van der Waals surface area contributed by atoms with Gasteiger partial charge in [-0.2, -0.15) is 0 Å². The number of nitrogens with zero attached hydrogens (tertiary/aromatic N) is 1. The second-order valence-electron chi connectivity index (χ2n) is 3.02. The van der Waals surface area contributed by atoms with Crippen molar-refractivity contribution in [1.82, 2.24) is 0 Å². The summed E-state index contributed by atoms with van der Waals surface area (Å²) < 4.78 is 10.7. The molecular formula is C9H17NOS2. The van der Waals surface area contributed by atoms with E-state index >= 15 is 0 Å². The van der Waals surface area contributed by atoms with Gasteiger partial charge in [0.25, 0.3) is 0 Å². The Morgan fingerprint density at radius 1 is 1.23 bits per heavy atom. The molecule has 0 radical (unpaired) electrons. The van der Waals surface area contributed by atoms with Crippen LogP contribution in [-0.2, 0) is 10.8 Å². The van der Waals surface area contributed by atoms with Crippen molar-refractivity contribution < 1.29 is 4.21 Å². The highest BCUT2D eigenvalue weighted by Crippen LogP contribution is 2.03. The largest absolute Gasteiger partial charge is 0.260 e. The minimum Gasteiger partial charge on any atom is -0.260 e. The van der Waals surface area contributed by atoms with Crippen LogP contribution < -0.4 is 0 Å². The fraction of sp³-hybridized carbons (Fsp3) is 0.889. The third-order valence-corrected chi connectivity index (χ3v) is 2.76. The number of hydrogen-bond acceptors (Lipinski definition) is 3. The molecule has 0 spiro atoms. The van der Waals surface area contributed by atoms with Gasteiger partial charge in [0.1, 0.15) is 0 Å². The lowest BCUT2D eigenvalue weighted by Crippen LogP contribution is -1.93. The Morgan fingerprint density at radius 2 is 1.85 bits per heavy atom. The average molecular weight is 219 g/mol. The van der Waals surface area contributed by atoms with Crippen molar-refractivity contribution in [2.24, 2.45) is 4.99 Å². The number of aliphatic imine (C=N–C) groups is 1. The molecule has 0 aliphatic carbocycles. The molecule has 0 heterocycles. The zero-order chi connectivity index (χ0) is 9.94. The molecule has 4 heteroatoms. The van der Waals surface area contributed by atoms with Crippen LogP contribution in [0.3, 0.4) is 0 Å². The molecule has 0 saturated carbocycles. The summed E-state index contributed by atoms with van der Waals surface area (Å²) in [4.78, 5) is 3.83. The van der Waals surface area contributed by atoms with Crippen LogP contribution in [-0.4, -0.2) is 27.9 Å². The van der Waals surface area contributed by atoms with Gasteiger partial charge in [-0.3, -0.25) is 4.21 Å². The zero-order valence-electron chi connectivity index (χ0n) is 8.12. The van der Waals surface area contributed by atoms with Crippen LogP contribution in [0.4, 0.5) is 0 Å². The lowest BCUT2D eigenvalue weighted by molar-refractivity contribution is 0.635. The molecule has 0 aliphatic rings. The number of hydrogen-bond donors (Lipinski definition) is 0. The van der Waals surface area contributed by atoms with E-state index in [1.807, 2.05) is 0 Å². The van der Waals surface area contributed by atoms with Crippen molar-refractivity contribution in [1.29, 1.82) is 0 Å². The molecule has 0 amide bonds. The molecule has 0 rings (SSSR count). The number of unbranched alkanes of at least 4 members (excludes halogenated alkanes) is 4. The first-order chi connectivity index (χ1) is 6.27. The standard InChI is InChI=1S/C9H17NOS2/c1-13(11)8-6-4-2-3-5-7-10-9-12/h2-8H2,1H3. The lowest BCUT2D eigenvalue weighted by atomic mass is 10.1. The van der Waals surface area contributed by atoms with Crippen molar-refractivity contribution in [3.8, 4) is 0 Å². The topological polar surface area (TPSA) is 29.4 Å². The minimum absolute atomic E-state index is 0.618. The van der Waals surface area contributed by atoms with Crippen LogP contribution in [0.1, 0.15) is 32.1 Å². The Labute approximate surface area is 88.3 Å². The first kappa shape index (κ1) is 12.9. The summed E-state index contributed by atoms with van der Waals surface area (Å²) in [5, 5.41) is 2.35. The van der Waals surface area contributed by atoms with Crippen LogP contribution in [0.15, 0.2) is 4.99 Å². The molecule has 0 aliphatic heterocycles. The number of thiocarbonyl (C=S) groups is 1. The van der Waals surface area contributed by atoms with E-state index in [4.69, 9.17) is 0 Å². The molecule has 2 nitrogen and oxygen atoms in total. The lowest BCUT2D eigenvalue weighted by Gasteiger charge is -1.98. The Bertz CT molecular complexity index is 182. The average Bonchev–Trinajstić information content (AvgIpc) is 2.09. The highest BCUT2D eigenvalue weighted by molar-refractivity contribution is 7.84. The van der Waals surface area contributed by atoms with E-state index in [1.165, 1.54) is 19.3 Å². The molecule has 13 heavy (non-hydrogen) atoms. The molecule has 0 bridgehead atoms. The number of rotatable bonds is 8. The third kappa shape index (κ3) is 12.0. The Balaban J connectivity index is 2.99. The molecule has 1 unspecified atom stereocenters. The first-order valence-electron chi connectivity index (χ1n) is 4.61. The van der Waals surface area contributed by atoms with Gasteiger partial charge in [0.2, 0.25) is 0 Å². The summed E-state index contributed by atoms with van der Waals surface area (Å²) in [6.45, 7) is 0.809. The molecule has 0 aromatic rings. The second kappa shape index (κ2) is 10.0. The van der Waals surface area contributed by atoms with Gasteiger partial charge in [-0.05, 0) is 25.1 Å². The van der Waals surface area contributed by atoms with Gasteiger partial charge < -0.3 is 0 Å². The molecule has 0 N–H and O–H groups in total. The van der Waals surface area contributed by atoms with Gasteiger partial charge in [-0.15, -0.1) is 0 Å². The van der Waals surface area contributed by atoms with E-state index in [9.17, 15) is 4.21 Å². The fourth-order valence-electron chi connectivity index (χ4n) is 1.07. The normalized spacial score (nSPS) is 12.1. The van der Waals surface area contributed by atoms with Gasteiger partial charge in [-0.25, -0.2) is 4.99 Å². The number of isothiocyanates is 1. The quantitative estimate of drug-likeness (QED) is 0.356. The van der Waals surface area contributed by atoms with Gasteiger partial charge in [0.05, 0.1) is 5.16 Å². The predicted molar refractivity (Wildman–Crippen MR) is 61.9 cm³/mol. The van der Waals surface area contributed by atoms with Crippen LogP contribution >= 0.6 is 12.2 Å². The van der Waals surface area contributed by atoms with E-state index in [-0.39, 0.29) is 0 Å². The van der Waals surface area contributed by atoms with Crippen LogP contribution in [0.2, 0.25) is 0 Å². The molecule has 76 valence electrons. The smallest absolute Gasteiger partial charge is 0.0584 e. The zero-order valence-corrected chi connectivity index (χ0v) is 9.75.